The topological polar surface area (TPSA) is 12.0 Å². The number of benzene rings is 2. The standard InChI is InChI=1S/C15H12Br2F3N/c1-21-14(8-2-3-10(16)13(19)6-8)7-9-12(18)5-4-11(17)15(9)20/h2-6,14,21H,7H2,1H3. The third kappa shape index (κ3) is 3.67. The minimum Gasteiger partial charge on any atom is -0.313 e. The van der Waals surface area contributed by atoms with Gasteiger partial charge in [-0.2, -0.15) is 0 Å². The number of hydrogen-bond acceptors (Lipinski definition) is 1. The van der Waals surface area contributed by atoms with Crippen molar-refractivity contribution in [3.63, 3.8) is 0 Å². The number of halogens is 5. The Bertz CT molecular complexity index is 662. The lowest BCUT2D eigenvalue weighted by Gasteiger charge is -2.18. The molecule has 0 spiro atoms. The van der Waals surface area contributed by atoms with Crippen LogP contribution < -0.4 is 5.32 Å². The second-order valence-electron chi connectivity index (χ2n) is 4.54. The Morgan fingerprint density at radius 2 is 1.67 bits per heavy atom. The van der Waals surface area contributed by atoms with E-state index >= 15 is 0 Å². The highest BCUT2D eigenvalue weighted by Gasteiger charge is 2.19. The first kappa shape index (κ1) is 16.5. The van der Waals surface area contributed by atoms with Crippen LogP contribution in [0.15, 0.2) is 39.3 Å². The third-order valence-corrected chi connectivity index (χ3v) is 4.50. The van der Waals surface area contributed by atoms with Gasteiger partial charge in [-0.15, -0.1) is 0 Å². The molecule has 1 N–H and O–H groups in total. The SMILES string of the molecule is CNC(Cc1c(F)ccc(Br)c1F)c1ccc(Br)c(F)c1. The molecule has 1 atom stereocenters. The maximum Gasteiger partial charge on any atom is 0.143 e. The van der Waals surface area contributed by atoms with Gasteiger partial charge in [0, 0.05) is 11.6 Å². The van der Waals surface area contributed by atoms with E-state index in [1.54, 1.807) is 19.2 Å². The highest BCUT2D eigenvalue weighted by molar-refractivity contribution is 9.10. The maximum absolute atomic E-state index is 14.0. The molecule has 2 aromatic carbocycles. The van der Waals surface area contributed by atoms with Crippen molar-refractivity contribution in [1.82, 2.24) is 5.32 Å². The van der Waals surface area contributed by atoms with Gasteiger partial charge in [-0.3, -0.25) is 0 Å². The summed E-state index contributed by atoms with van der Waals surface area (Å²) in [5.41, 5.74) is 0.587. The van der Waals surface area contributed by atoms with Gasteiger partial charge < -0.3 is 5.32 Å². The molecule has 0 fully saturated rings. The second-order valence-corrected chi connectivity index (χ2v) is 6.25. The van der Waals surface area contributed by atoms with Crippen LogP contribution >= 0.6 is 31.9 Å². The first-order chi connectivity index (χ1) is 9.93. The van der Waals surface area contributed by atoms with Crippen LogP contribution in [-0.2, 0) is 6.42 Å². The van der Waals surface area contributed by atoms with Gasteiger partial charge in [-0.1, -0.05) is 6.07 Å². The highest BCUT2D eigenvalue weighted by Crippen LogP contribution is 2.28. The molecule has 0 aromatic heterocycles. The highest BCUT2D eigenvalue weighted by atomic mass is 79.9. The van der Waals surface area contributed by atoms with E-state index in [2.05, 4.69) is 37.2 Å². The molecule has 0 saturated heterocycles. The molecule has 0 heterocycles. The predicted molar refractivity (Wildman–Crippen MR) is 83.7 cm³/mol. The largest absolute Gasteiger partial charge is 0.313 e. The summed E-state index contributed by atoms with van der Waals surface area (Å²) in [6.45, 7) is 0. The van der Waals surface area contributed by atoms with Crippen molar-refractivity contribution in [3.8, 4) is 0 Å². The van der Waals surface area contributed by atoms with E-state index in [1.165, 1.54) is 18.2 Å². The van der Waals surface area contributed by atoms with E-state index in [9.17, 15) is 13.2 Å². The van der Waals surface area contributed by atoms with Crippen molar-refractivity contribution in [2.24, 2.45) is 0 Å². The molecule has 2 rings (SSSR count). The molecule has 0 saturated carbocycles. The van der Waals surface area contributed by atoms with Crippen LogP contribution in [0.2, 0.25) is 0 Å². The van der Waals surface area contributed by atoms with Crippen LogP contribution in [0.5, 0.6) is 0 Å². The molecule has 0 bridgehead atoms. The van der Waals surface area contributed by atoms with Crippen molar-refractivity contribution in [2.75, 3.05) is 7.05 Å². The molecular formula is C15H12Br2F3N. The summed E-state index contributed by atoms with van der Waals surface area (Å²) < 4.78 is 42.0. The minimum atomic E-state index is -0.632. The summed E-state index contributed by atoms with van der Waals surface area (Å²) in [6.07, 6.45) is 0.0781. The number of likely N-dealkylation sites (N-methyl/N-ethyl adjacent to an activating group) is 1. The van der Waals surface area contributed by atoms with Crippen LogP contribution in [0.25, 0.3) is 0 Å². The molecule has 6 heteroatoms. The van der Waals surface area contributed by atoms with Crippen LogP contribution in [-0.4, -0.2) is 7.05 Å². The Kier molecular flexibility index (Phi) is 5.46. The lowest BCUT2D eigenvalue weighted by atomic mass is 9.98. The van der Waals surface area contributed by atoms with Crippen molar-refractivity contribution in [3.05, 3.63) is 67.9 Å². The number of nitrogens with one attached hydrogen (secondary N) is 1. The quantitative estimate of drug-likeness (QED) is 0.673. The van der Waals surface area contributed by atoms with Crippen LogP contribution in [0.4, 0.5) is 13.2 Å². The minimum absolute atomic E-state index is 0.0351. The fourth-order valence-corrected chi connectivity index (χ4v) is 2.69. The molecular weight excluding hydrogens is 411 g/mol. The van der Waals surface area contributed by atoms with Crippen molar-refractivity contribution >= 4 is 31.9 Å². The van der Waals surface area contributed by atoms with E-state index in [0.29, 0.717) is 10.0 Å². The predicted octanol–water partition coefficient (Wildman–Crippen LogP) is 5.13. The van der Waals surface area contributed by atoms with Gasteiger partial charge in [-0.05, 0) is 75.2 Å². The molecule has 1 nitrogen and oxygen atoms in total. The van der Waals surface area contributed by atoms with Crippen molar-refractivity contribution < 1.29 is 13.2 Å². The zero-order valence-corrected chi connectivity index (χ0v) is 14.2. The first-order valence-corrected chi connectivity index (χ1v) is 7.77. The molecule has 0 aliphatic heterocycles. The average Bonchev–Trinajstić information content (AvgIpc) is 2.47. The number of rotatable bonds is 4. The number of hydrogen-bond donors (Lipinski definition) is 1. The lowest BCUT2D eigenvalue weighted by molar-refractivity contribution is 0.510. The Hall–Kier alpha value is -0.850. The molecule has 2 aromatic rings. The van der Waals surface area contributed by atoms with Crippen LogP contribution in [0.3, 0.4) is 0 Å². The van der Waals surface area contributed by atoms with Gasteiger partial charge in [0.1, 0.15) is 17.5 Å². The molecule has 0 radical (unpaired) electrons. The Labute approximate surface area is 137 Å². The first-order valence-electron chi connectivity index (χ1n) is 6.18. The fourth-order valence-electron chi connectivity index (χ4n) is 2.08. The summed E-state index contributed by atoms with van der Waals surface area (Å²) >= 11 is 6.12. The smallest absolute Gasteiger partial charge is 0.143 e. The lowest BCUT2D eigenvalue weighted by Crippen LogP contribution is -2.20. The monoisotopic (exact) mass is 421 g/mol. The maximum atomic E-state index is 14.0. The molecule has 0 amide bonds. The van der Waals surface area contributed by atoms with Gasteiger partial charge in [-0.25, -0.2) is 13.2 Å². The van der Waals surface area contributed by atoms with Crippen molar-refractivity contribution in [1.29, 1.82) is 0 Å². The van der Waals surface area contributed by atoms with E-state index in [-0.39, 0.29) is 16.5 Å². The summed E-state index contributed by atoms with van der Waals surface area (Å²) in [4.78, 5) is 0. The molecule has 0 aliphatic carbocycles. The van der Waals surface area contributed by atoms with Gasteiger partial charge in [0.15, 0.2) is 0 Å². The summed E-state index contributed by atoms with van der Waals surface area (Å²) in [5.74, 6) is -1.66. The average molecular weight is 423 g/mol. The summed E-state index contributed by atoms with van der Waals surface area (Å²) in [6, 6.07) is 6.76. The van der Waals surface area contributed by atoms with Crippen LogP contribution in [0, 0.1) is 17.5 Å². The Balaban J connectivity index is 2.35. The van der Waals surface area contributed by atoms with Gasteiger partial charge in [0.05, 0.1) is 8.95 Å². The second kappa shape index (κ2) is 6.94. The summed E-state index contributed by atoms with van der Waals surface area (Å²) in [5, 5.41) is 2.96. The summed E-state index contributed by atoms with van der Waals surface area (Å²) in [7, 11) is 1.67. The van der Waals surface area contributed by atoms with Gasteiger partial charge in [0.2, 0.25) is 0 Å². The molecule has 1 unspecified atom stereocenters. The molecule has 112 valence electrons. The normalized spacial score (nSPS) is 12.5. The zero-order valence-electron chi connectivity index (χ0n) is 11.1. The molecule has 0 aliphatic rings. The van der Waals surface area contributed by atoms with Crippen LogP contribution in [0.1, 0.15) is 17.2 Å². The fraction of sp³-hybridized carbons (Fsp3) is 0.200. The zero-order chi connectivity index (χ0) is 15.6. The Morgan fingerprint density at radius 3 is 2.29 bits per heavy atom. The Morgan fingerprint density at radius 1 is 1.00 bits per heavy atom. The molecule has 21 heavy (non-hydrogen) atoms. The third-order valence-electron chi connectivity index (χ3n) is 3.24. The van der Waals surface area contributed by atoms with Crippen molar-refractivity contribution in [2.45, 2.75) is 12.5 Å². The van der Waals surface area contributed by atoms with E-state index in [1.807, 2.05) is 0 Å². The van der Waals surface area contributed by atoms with Gasteiger partial charge >= 0.3 is 0 Å². The van der Waals surface area contributed by atoms with E-state index in [0.717, 1.165) is 0 Å². The van der Waals surface area contributed by atoms with Gasteiger partial charge in [0.25, 0.3) is 0 Å². The van der Waals surface area contributed by atoms with E-state index in [4.69, 9.17) is 0 Å². The van der Waals surface area contributed by atoms with E-state index < -0.39 is 23.5 Å².